The monoisotopic (exact) mass is 349 g/mol. The number of esters is 1. The molecule has 0 aliphatic rings. The largest absolute Gasteiger partial charge is 0.423 e. The maximum absolute atomic E-state index is 14.1. The molecule has 2 aromatic rings. The van der Waals surface area contributed by atoms with Crippen LogP contribution in [0.4, 0.5) is 13.2 Å². The highest BCUT2D eigenvalue weighted by Gasteiger charge is 2.21. The van der Waals surface area contributed by atoms with Crippen molar-refractivity contribution < 1.29 is 27.4 Å². The van der Waals surface area contributed by atoms with E-state index in [9.17, 15) is 18.0 Å². The predicted molar refractivity (Wildman–Crippen MR) is 82.6 cm³/mol. The molecule has 0 aromatic heterocycles. The van der Waals surface area contributed by atoms with E-state index in [0.29, 0.717) is 25.0 Å². The summed E-state index contributed by atoms with van der Waals surface area (Å²) >= 11 is 0. The van der Waals surface area contributed by atoms with Gasteiger partial charge in [-0.15, -0.1) is 0 Å². The van der Waals surface area contributed by atoms with Crippen molar-refractivity contribution in [2.75, 3.05) is 13.7 Å². The lowest BCUT2D eigenvalue weighted by atomic mass is 10.1. The summed E-state index contributed by atoms with van der Waals surface area (Å²) in [6.45, 7) is 0.442. The first-order chi connectivity index (χ1) is 12.0. The summed E-state index contributed by atoms with van der Waals surface area (Å²) < 4.78 is 51.3. The van der Waals surface area contributed by atoms with Crippen LogP contribution in [0.5, 0.6) is 5.75 Å². The van der Waals surface area contributed by atoms with E-state index in [1.165, 1.54) is 7.11 Å². The molecule has 25 heavy (non-hydrogen) atoms. The Morgan fingerprint density at radius 3 is 2.36 bits per heavy atom. The summed E-state index contributed by atoms with van der Waals surface area (Å²) in [5, 5.41) is 8.64. The standard InChI is InChI=1S/C18H14F3NO3/c1-24-6-2-3-11-7-15(20)17(16(21)8-11)18(23)25-13-5-4-12(10-22)14(19)9-13/h4-5,7-9H,2-3,6H2,1H3. The van der Waals surface area contributed by atoms with E-state index < -0.39 is 29.0 Å². The number of carbonyl (C=O) groups is 1. The van der Waals surface area contributed by atoms with Gasteiger partial charge in [-0.1, -0.05) is 0 Å². The molecule has 0 unspecified atom stereocenters. The van der Waals surface area contributed by atoms with Gasteiger partial charge >= 0.3 is 5.97 Å². The molecule has 0 fully saturated rings. The van der Waals surface area contributed by atoms with Gasteiger partial charge in [0.1, 0.15) is 34.8 Å². The minimum Gasteiger partial charge on any atom is -0.423 e. The van der Waals surface area contributed by atoms with Gasteiger partial charge in [0.2, 0.25) is 0 Å². The molecule has 2 rings (SSSR count). The highest BCUT2D eigenvalue weighted by molar-refractivity contribution is 5.91. The zero-order valence-electron chi connectivity index (χ0n) is 13.3. The van der Waals surface area contributed by atoms with Crippen LogP contribution in [0.15, 0.2) is 30.3 Å². The van der Waals surface area contributed by atoms with E-state index in [4.69, 9.17) is 14.7 Å². The summed E-state index contributed by atoms with van der Waals surface area (Å²) in [4.78, 5) is 12.0. The van der Waals surface area contributed by atoms with Gasteiger partial charge in [-0.05, 0) is 42.7 Å². The average Bonchev–Trinajstić information content (AvgIpc) is 2.54. The molecule has 0 spiro atoms. The number of methoxy groups -OCH3 is 1. The Kier molecular flexibility index (Phi) is 6.14. The molecule has 0 heterocycles. The highest BCUT2D eigenvalue weighted by atomic mass is 19.1. The van der Waals surface area contributed by atoms with Crippen LogP contribution in [0.3, 0.4) is 0 Å². The third kappa shape index (κ3) is 4.58. The second kappa shape index (κ2) is 8.31. The molecule has 0 saturated heterocycles. The van der Waals surface area contributed by atoms with Crippen molar-refractivity contribution >= 4 is 5.97 Å². The van der Waals surface area contributed by atoms with E-state index in [-0.39, 0.29) is 11.3 Å². The van der Waals surface area contributed by atoms with Crippen LogP contribution in [0.2, 0.25) is 0 Å². The second-order valence-electron chi connectivity index (χ2n) is 5.17. The van der Waals surface area contributed by atoms with Crippen LogP contribution in [0.25, 0.3) is 0 Å². The number of benzene rings is 2. The quantitative estimate of drug-likeness (QED) is 0.452. The third-order valence-electron chi connectivity index (χ3n) is 3.39. The van der Waals surface area contributed by atoms with Gasteiger partial charge in [0.25, 0.3) is 0 Å². The molecule has 2 aromatic carbocycles. The van der Waals surface area contributed by atoms with E-state index in [0.717, 1.165) is 30.3 Å². The zero-order chi connectivity index (χ0) is 18.4. The average molecular weight is 349 g/mol. The Balaban J connectivity index is 2.19. The second-order valence-corrected chi connectivity index (χ2v) is 5.17. The fourth-order valence-electron chi connectivity index (χ4n) is 2.19. The number of nitrogens with zero attached hydrogens (tertiary/aromatic N) is 1. The molecule has 0 saturated carbocycles. The van der Waals surface area contributed by atoms with Gasteiger partial charge in [-0.25, -0.2) is 18.0 Å². The number of carbonyl (C=O) groups excluding carboxylic acids is 1. The number of hydrogen-bond acceptors (Lipinski definition) is 4. The van der Waals surface area contributed by atoms with Gasteiger partial charge < -0.3 is 9.47 Å². The highest BCUT2D eigenvalue weighted by Crippen LogP contribution is 2.21. The number of halogens is 3. The maximum Gasteiger partial charge on any atom is 0.349 e. The van der Waals surface area contributed by atoms with Crippen molar-refractivity contribution in [2.24, 2.45) is 0 Å². The Hall–Kier alpha value is -2.85. The minimum atomic E-state index is -1.29. The van der Waals surface area contributed by atoms with Crippen molar-refractivity contribution in [2.45, 2.75) is 12.8 Å². The van der Waals surface area contributed by atoms with Crippen LogP contribution in [-0.4, -0.2) is 19.7 Å². The molecule has 0 aliphatic heterocycles. The Morgan fingerprint density at radius 1 is 1.12 bits per heavy atom. The first-order valence-electron chi connectivity index (χ1n) is 7.35. The normalized spacial score (nSPS) is 10.4. The van der Waals surface area contributed by atoms with Gasteiger partial charge in [-0.3, -0.25) is 0 Å². The summed E-state index contributed by atoms with van der Waals surface area (Å²) in [6.07, 6.45) is 0.960. The van der Waals surface area contributed by atoms with Crippen molar-refractivity contribution in [1.82, 2.24) is 0 Å². The molecule has 130 valence electrons. The predicted octanol–water partition coefficient (Wildman–Crippen LogP) is 3.77. The van der Waals surface area contributed by atoms with Crippen molar-refractivity contribution in [3.8, 4) is 11.8 Å². The topological polar surface area (TPSA) is 59.3 Å². The SMILES string of the molecule is COCCCc1cc(F)c(C(=O)Oc2ccc(C#N)c(F)c2)c(F)c1. The van der Waals surface area contributed by atoms with Crippen molar-refractivity contribution in [3.63, 3.8) is 0 Å². The fourth-order valence-corrected chi connectivity index (χ4v) is 2.19. The van der Waals surface area contributed by atoms with E-state index in [2.05, 4.69) is 0 Å². The molecule has 0 amide bonds. The zero-order valence-corrected chi connectivity index (χ0v) is 13.3. The number of ether oxygens (including phenoxy) is 2. The minimum absolute atomic E-state index is 0.238. The number of hydrogen-bond donors (Lipinski definition) is 0. The molecule has 4 nitrogen and oxygen atoms in total. The Morgan fingerprint density at radius 2 is 1.80 bits per heavy atom. The summed E-state index contributed by atoms with van der Waals surface area (Å²) in [7, 11) is 1.52. The molecule has 0 bridgehead atoms. The lowest BCUT2D eigenvalue weighted by molar-refractivity contribution is 0.0724. The molecular weight excluding hydrogens is 335 g/mol. The first kappa shape index (κ1) is 18.5. The first-order valence-corrected chi connectivity index (χ1v) is 7.35. The third-order valence-corrected chi connectivity index (χ3v) is 3.39. The molecule has 0 atom stereocenters. The van der Waals surface area contributed by atoms with E-state index >= 15 is 0 Å². The maximum atomic E-state index is 14.1. The number of aryl methyl sites for hydroxylation is 1. The van der Waals surface area contributed by atoms with Crippen molar-refractivity contribution in [3.05, 3.63) is 64.5 Å². The lowest BCUT2D eigenvalue weighted by Crippen LogP contribution is -2.14. The van der Waals surface area contributed by atoms with Gasteiger partial charge in [0.15, 0.2) is 0 Å². The van der Waals surface area contributed by atoms with Crippen molar-refractivity contribution in [1.29, 1.82) is 5.26 Å². The molecule has 0 radical (unpaired) electrons. The molecule has 0 aliphatic carbocycles. The summed E-state index contributed by atoms with van der Waals surface area (Å²) in [5.41, 5.74) is -0.717. The number of rotatable bonds is 6. The van der Waals surface area contributed by atoms with Gasteiger partial charge in [-0.2, -0.15) is 5.26 Å². The van der Waals surface area contributed by atoms with Crippen LogP contribution in [0.1, 0.15) is 27.9 Å². The molecular formula is C18H14F3NO3. The van der Waals surface area contributed by atoms with E-state index in [1.807, 2.05) is 0 Å². The van der Waals surface area contributed by atoms with Crippen LogP contribution < -0.4 is 4.74 Å². The molecule has 0 N–H and O–H groups in total. The lowest BCUT2D eigenvalue weighted by Gasteiger charge is -2.09. The summed E-state index contributed by atoms with van der Waals surface area (Å²) in [5.74, 6) is -4.58. The number of nitriles is 1. The Labute approximate surface area is 142 Å². The van der Waals surface area contributed by atoms with Crippen LogP contribution in [0, 0.1) is 28.8 Å². The molecule has 7 heteroatoms. The Bertz CT molecular complexity index is 808. The smallest absolute Gasteiger partial charge is 0.349 e. The van der Waals surface area contributed by atoms with Gasteiger partial charge in [0, 0.05) is 19.8 Å². The van der Waals surface area contributed by atoms with Gasteiger partial charge in [0.05, 0.1) is 5.56 Å². The fraction of sp³-hybridized carbons (Fsp3) is 0.222. The summed E-state index contributed by atoms with van der Waals surface area (Å²) in [6, 6.07) is 6.77. The van der Waals surface area contributed by atoms with E-state index in [1.54, 1.807) is 6.07 Å². The van der Waals surface area contributed by atoms with Crippen LogP contribution >= 0.6 is 0 Å². The van der Waals surface area contributed by atoms with Crippen LogP contribution in [-0.2, 0) is 11.2 Å².